The third-order valence-corrected chi connectivity index (χ3v) is 9.25. The van der Waals surface area contributed by atoms with Gasteiger partial charge in [0.2, 0.25) is 0 Å². The maximum absolute atomic E-state index is 6.27. The van der Waals surface area contributed by atoms with Gasteiger partial charge in [-0.25, -0.2) is 0 Å². The highest BCUT2D eigenvalue weighted by atomic mass is 16.3. The summed E-state index contributed by atoms with van der Waals surface area (Å²) in [6.45, 7) is 0. The fourth-order valence-electron chi connectivity index (χ4n) is 6.96. The summed E-state index contributed by atoms with van der Waals surface area (Å²) in [4.78, 5) is 2.39. The molecule has 0 saturated carbocycles. The van der Waals surface area contributed by atoms with E-state index in [1.807, 2.05) is 12.1 Å². The number of benzene rings is 8. The molecule has 0 aliphatic rings. The lowest BCUT2D eigenvalue weighted by molar-refractivity contribution is 0.669. The number of para-hydroxylation sites is 2. The summed E-state index contributed by atoms with van der Waals surface area (Å²) in [5.74, 6) is 0. The molecule has 1 heterocycles. The molecule has 0 N–H and O–H groups in total. The van der Waals surface area contributed by atoms with E-state index in [-0.39, 0.29) is 0 Å². The average molecular weight is 614 g/mol. The van der Waals surface area contributed by atoms with Crippen LogP contribution in [0, 0.1) is 0 Å². The minimum atomic E-state index is 0.896. The summed E-state index contributed by atoms with van der Waals surface area (Å²) in [7, 11) is 0. The van der Waals surface area contributed by atoms with Gasteiger partial charge in [-0.2, -0.15) is 0 Å². The van der Waals surface area contributed by atoms with Crippen LogP contribution in [0.4, 0.5) is 17.1 Å². The maximum atomic E-state index is 6.27. The summed E-state index contributed by atoms with van der Waals surface area (Å²) in [5.41, 5.74) is 12.1. The van der Waals surface area contributed by atoms with E-state index < -0.39 is 0 Å². The summed E-state index contributed by atoms with van der Waals surface area (Å²) in [5, 5.41) is 4.75. The average Bonchev–Trinajstić information content (AvgIpc) is 3.54. The van der Waals surface area contributed by atoms with Crippen molar-refractivity contribution in [2.45, 2.75) is 0 Å². The molecule has 0 spiro atoms. The van der Waals surface area contributed by atoms with Crippen LogP contribution in [-0.4, -0.2) is 0 Å². The molecule has 226 valence electrons. The molecule has 8 aromatic carbocycles. The smallest absolute Gasteiger partial charge is 0.136 e. The van der Waals surface area contributed by atoms with Gasteiger partial charge >= 0.3 is 0 Å². The van der Waals surface area contributed by atoms with Crippen LogP contribution in [0.1, 0.15) is 0 Å². The van der Waals surface area contributed by atoms with Crippen LogP contribution in [0.15, 0.2) is 192 Å². The van der Waals surface area contributed by atoms with Crippen molar-refractivity contribution in [3.8, 4) is 33.4 Å². The van der Waals surface area contributed by atoms with Crippen molar-refractivity contribution >= 4 is 49.8 Å². The molecule has 0 fully saturated rings. The molecule has 0 atom stereocenters. The first-order valence-corrected chi connectivity index (χ1v) is 16.3. The number of rotatable bonds is 6. The third-order valence-electron chi connectivity index (χ3n) is 9.25. The largest absolute Gasteiger partial charge is 0.456 e. The number of hydrogen-bond donors (Lipinski definition) is 0. The first-order chi connectivity index (χ1) is 23.8. The molecule has 48 heavy (non-hydrogen) atoms. The standard InChI is InChI=1S/C46H31NO/c1-3-13-33(14-4-1)41-27-26-36(40-23-12-16-32-15-7-8-21-39(32)40)30-44(41)47(37-18-5-2-6-19-37)38-20-11-17-34(29-38)35-25-28-43-42-22-9-10-24-45(42)48-46(43)31-35/h1-31H. The van der Waals surface area contributed by atoms with E-state index >= 15 is 0 Å². The van der Waals surface area contributed by atoms with Gasteiger partial charge in [-0.1, -0.05) is 140 Å². The van der Waals surface area contributed by atoms with Crippen LogP contribution >= 0.6 is 0 Å². The van der Waals surface area contributed by atoms with Crippen LogP contribution in [0.5, 0.6) is 0 Å². The van der Waals surface area contributed by atoms with E-state index in [1.54, 1.807) is 0 Å². The number of hydrogen-bond acceptors (Lipinski definition) is 2. The molecular formula is C46H31NO. The Morgan fingerprint density at radius 2 is 0.958 bits per heavy atom. The lowest BCUT2D eigenvalue weighted by atomic mass is 9.94. The highest BCUT2D eigenvalue weighted by molar-refractivity contribution is 6.06. The maximum Gasteiger partial charge on any atom is 0.136 e. The Bertz CT molecular complexity index is 2560. The highest BCUT2D eigenvalue weighted by Gasteiger charge is 2.20. The molecule has 0 amide bonds. The van der Waals surface area contributed by atoms with E-state index in [4.69, 9.17) is 4.42 Å². The second kappa shape index (κ2) is 11.8. The fourth-order valence-corrected chi connectivity index (χ4v) is 6.96. The second-order valence-electron chi connectivity index (χ2n) is 12.2. The van der Waals surface area contributed by atoms with Crippen LogP contribution in [0.3, 0.4) is 0 Å². The van der Waals surface area contributed by atoms with Crippen molar-refractivity contribution in [2.24, 2.45) is 0 Å². The normalized spacial score (nSPS) is 11.3. The summed E-state index contributed by atoms with van der Waals surface area (Å²) >= 11 is 0. The van der Waals surface area contributed by atoms with Crippen molar-refractivity contribution < 1.29 is 4.42 Å². The zero-order valence-corrected chi connectivity index (χ0v) is 26.3. The van der Waals surface area contributed by atoms with Gasteiger partial charge in [0.1, 0.15) is 11.2 Å². The zero-order chi connectivity index (χ0) is 31.9. The zero-order valence-electron chi connectivity index (χ0n) is 26.3. The first kappa shape index (κ1) is 27.9. The molecule has 0 aliphatic heterocycles. The molecule has 9 aromatic rings. The molecule has 0 saturated heterocycles. The van der Waals surface area contributed by atoms with Crippen molar-refractivity contribution in [1.82, 2.24) is 0 Å². The Balaban J connectivity index is 1.25. The summed E-state index contributed by atoms with van der Waals surface area (Å²) in [6, 6.07) is 67.0. The van der Waals surface area contributed by atoms with Gasteiger partial charge in [-0.05, 0) is 87.1 Å². The van der Waals surface area contributed by atoms with Gasteiger partial charge in [0.05, 0.1) is 5.69 Å². The molecule has 9 rings (SSSR count). The Labute approximate surface area is 279 Å². The minimum absolute atomic E-state index is 0.896. The number of anilines is 3. The Morgan fingerprint density at radius 1 is 0.333 bits per heavy atom. The molecule has 0 unspecified atom stereocenters. The first-order valence-electron chi connectivity index (χ1n) is 16.3. The Kier molecular flexibility index (Phi) is 6.84. The van der Waals surface area contributed by atoms with E-state index in [9.17, 15) is 0 Å². The Morgan fingerprint density at radius 3 is 1.83 bits per heavy atom. The molecule has 2 nitrogen and oxygen atoms in total. The van der Waals surface area contributed by atoms with E-state index in [0.29, 0.717) is 0 Å². The Hall–Kier alpha value is -6.38. The minimum Gasteiger partial charge on any atom is -0.456 e. The van der Waals surface area contributed by atoms with Gasteiger partial charge in [0.25, 0.3) is 0 Å². The van der Waals surface area contributed by atoms with Crippen LogP contribution in [0.25, 0.3) is 66.1 Å². The molecule has 1 aromatic heterocycles. The van der Waals surface area contributed by atoms with Crippen LogP contribution in [0.2, 0.25) is 0 Å². The molecule has 2 heteroatoms. The van der Waals surface area contributed by atoms with E-state index in [1.165, 1.54) is 27.5 Å². The number of fused-ring (bicyclic) bond motifs is 4. The second-order valence-corrected chi connectivity index (χ2v) is 12.2. The van der Waals surface area contributed by atoms with E-state index in [2.05, 4.69) is 181 Å². The lowest BCUT2D eigenvalue weighted by Crippen LogP contribution is -2.11. The SMILES string of the molecule is c1ccc(-c2ccc(-c3cccc4ccccc34)cc2N(c2ccccc2)c2cccc(-c3ccc4c(c3)oc3ccccc34)c2)cc1. The fraction of sp³-hybridized carbons (Fsp3) is 0. The van der Waals surface area contributed by atoms with Crippen molar-refractivity contribution in [2.75, 3.05) is 4.90 Å². The van der Waals surface area contributed by atoms with Gasteiger partial charge in [0.15, 0.2) is 0 Å². The van der Waals surface area contributed by atoms with Gasteiger partial charge < -0.3 is 9.32 Å². The summed E-state index contributed by atoms with van der Waals surface area (Å²) < 4.78 is 6.27. The van der Waals surface area contributed by atoms with Crippen molar-refractivity contribution in [3.63, 3.8) is 0 Å². The highest BCUT2D eigenvalue weighted by Crippen LogP contribution is 2.44. The van der Waals surface area contributed by atoms with Crippen molar-refractivity contribution in [3.05, 3.63) is 188 Å². The summed E-state index contributed by atoms with van der Waals surface area (Å²) in [6.07, 6.45) is 0. The van der Waals surface area contributed by atoms with Crippen LogP contribution < -0.4 is 4.90 Å². The topological polar surface area (TPSA) is 16.4 Å². The quantitative estimate of drug-likeness (QED) is 0.185. The predicted molar refractivity (Wildman–Crippen MR) is 202 cm³/mol. The van der Waals surface area contributed by atoms with Gasteiger partial charge in [-0.3, -0.25) is 0 Å². The molecule has 0 bridgehead atoms. The molecule has 0 radical (unpaired) electrons. The van der Waals surface area contributed by atoms with E-state index in [0.717, 1.165) is 55.7 Å². The third kappa shape index (κ3) is 4.92. The molecule has 0 aliphatic carbocycles. The lowest BCUT2D eigenvalue weighted by Gasteiger charge is -2.29. The molecular weight excluding hydrogens is 583 g/mol. The predicted octanol–water partition coefficient (Wildman–Crippen LogP) is 13.2. The number of nitrogens with zero attached hydrogens (tertiary/aromatic N) is 1. The van der Waals surface area contributed by atoms with Crippen LogP contribution in [-0.2, 0) is 0 Å². The van der Waals surface area contributed by atoms with Gasteiger partial charge in [0, 0.05) is 27.7 Å². The number of furan rings is 1. The van der Waals surface area contributed by atoms with Gasteiger partial charge in [-0.15, -0.1) is 0 Å². The monoisotopic (exact) mass is 613 g/mol. The van der Waals surface area contributed by atoms with Crippen molar-refractivity contribution in [1.29, 1.82) is 0 Å².